The van der Waals surface area contributed by atoms with Crippen LogP contribution in [0.5, 0.6) is 0 Å². The Kier molecular flexibility index (Phi) is 5.43. The minimum atomic E-state index is -0.358. The molecule has 0 atom stereocenters. The molecule has 174 valence electrons. The van der Waals surface area contributed by atoms with E-state index in [1.807, 2.05) is 6.07 Å². The highest BCUT2D eigenvalue weighted by Gasteiger charge is 2.45. The van der Waals surface area contributed by atoms with Crippen molar-refractivity contribution in [3.63, 3.8) is 0 Å². The first-order chi connectivity index (χ1) is 16.5. The van der Waals surface area contributed by atoms with Gasteiger partial charge in [0.15, 0.2) is 0 Å². The molecule has 2 aromatic carbocycles. The molecule has 2 aliphatic carbocycles. The molecule has 34 heavy (non-hydrogen) atoms. The van der Waals surface area contributed by atoms with Crippen LogP contribution in [-0.2, 0) is 23.2 Å². The van der Waals surface area contributed by atoms with Gasteiger partial charge in [-0.3, -0.25) is 14.2 Å². The monoisotopic (exact) mass is 465 g/mol. The summed E-state index contributed by atoms with van der Waals surface area (Å²) in [6.45, 7) is -0.0254. The Morgan fingerprint density at radius 2 is 1.74 bits per heavy atom. The lowest BCUT2D eigenvalue weighted by Crippen LogP contribution is -2.41. The standard InChI is InChI=1S/C23H19F2N5O.CH2O2/c24-16-6-3-14(4-7-16)13-29-21(31)19-20(30-22(29)26-27-28-30)18-11-17(25)8-5-15(18)12-23(19)9-1-2-10-23;2-1-3/h3-8,11H,1-2,9-10,12-13H2;1H,(H,2,3). The molecule has 0 unspecified atom stereocenters. The average Bonchev–Trinajstić information content (AvgIpc) is 3.49. The van der Waals surface area contributed by atoms with E-state index in [2.05, 4.69) is 15.5 Å². The number of halogens is 2. The Balaban J connectivity index is 0.000000764. The second kappa shape index (κ2) is 8.44. The van der Waals surface area contributed by atoms with Gasteiger partial charge in [-0.1, -0.05) is 36.1 Å². The van der Waals surface area contributed by atoms with E-state index in [9.17, 15) is 13.6 Å². The van der Waals surface area contributed by atoms with Crippen molar-refractivity contribution in [1.82, 2.24) is 24.6 Å². The Hall–Kier alpha value is -3.95. The lowest BCUT2D eigenvalue weighted by atomic mass is 9.68. The van der Waals surface area contributed by atoms with Crippen molar-refractivity contribution in [3.05, 3.63) is 81.1 Å². The van der Waals surface area contributed by atoms with Crippen LogP contribution < -0.4 is 5.56 Å². The van der Waals surface area contributed by atoms with E-state index in [1.165, 1.54) is 24.3 Å². The summed E-state index contributed by atoms with van der Waals surface area (Å²) in [6, 6.07) is 10.8. The summed E-state index contributed by atoms with van der Waals surface area (Å²) < 4.78 is 30.7. The topological polar surface area (TPSA) is 102 Å². The van der Waals surface area contributed by atoms with Crippen molar-refractivity contribution in [2.75, 3.05) is 0 Å². The van der Waals surface area contributed by atoms with E-state index >= 15 is 0 Å². The Labute approximate surface area is 192 Å². The first-order valence-corrected chi connectivity index (χ1v) is 10.9. The van der Waals surface area contributed by atoms with Crippen LogP contribution in [0.1, 0.15) is 42.4 Å². The molecule has 0 radical (unpaired) electrons. The van der Waals surface area contributed by atoms with E-state index in [0.717, 1.165) is 36.8 Å². The van der Waals surface area contributed by atoms with E-state index < -0.39 is 0 Å². The van der Waals surface area contributed by atoms with Gasteiger partial charge in [0.1, 0.15) is 11.6 Å². The molecule has 0 amide bonds. The zero-order chi connectivity index (χ0) is 23.9. The molecule has 2 aromatic heterocycles. The minimum absolute atomic E-state index is 0.154. The predicted molar refractivity (Wildman–Crippen MR) is 118 cm³/mol. The predicted octanol–water partition coefficient (Wildman–Crippen LogP) is 3.35. The summed E-state index contributed by atoms with van der Waals surface area (Å²) in [4.78, 5) is 22.3. The highest BCUT2D eigenvalue weighted by molar-refractivity contribution is 5.73. The lowest BCUT2D eigenvalue weighted by molar-refractivity contribution is -0.122. The molecule has 1 saturated carbocycles. The molecular weight excluding hydrogens is 444 g/mol. The number of fused-ring (bicyclic) bond motifs is 6. The van der Waals surface area contributed by atoms with Gasteiger partial charge >= 0.3 is 0 Å². The zero-order valence-electron chi connectivity index (χ0n) is 18.1. The van der Waals surface area contributed by atoms with Gasteiger partial charge in [0.2, 0.25) is 0 Å². The third-order valence-corrected chi connectivity index (χ3v) is 6.80. The third-order valence-electron chi connectivity index (χ3n) is 6.80. The second-order valence-corrected chi connectivity index (χ2v) is 8.70. The summed E-state index contributed by atoms with van der Waals surface area (Å²) in [5.74, 6) is -0.401. The average molecular weight is 465 g/mol. The third kappa shape index (κ3) is 3.46. The van der Waals surface area contributed by atoms with Gasteiger partial charge < -0.3 is 5.11 Å². The number of benzene rings is 2. The number of tetrazole rings is 1. The molecule has 1 N–H and O–H groups in total. The minimum Gasteiger partial charge on any atom is -0.483 e. The maximum Gasteiger partial charge on any atom is 0.290 e. The number of aromatic nitrogens is 5. The Morgan fingerprint density at radius 1 is 1.06 bits per heavy atom. The number of nitrogens with zero attached hydrogens (tertiary/aromatic N) is 5. The molecule has 1 spiro atoms. The zero-order valence-corrected chi connectivity index (χ0v) is 18.1. The molecule has 0 saturated heterocycles. The number of carboxylic acid groups (broad SMARTS) is 1. The summed E-state index contributed by atoms with van der Waals surface area (Å²) in [5.41, 5.74) is 3.28. The van der Waals surface area contributed by atoms with E-state index in [1.54, 1.807) is 21.2 Å². The largest absolute Gasteiger partial charge is 0.483 e. The first-order valence-electron chi connectivity index (χ1n) is 10.9. The SMILES string of the molecule is O=CO.O=c1c2c(n3nnnc3n1Cc1ccc(F)cc1)-c1cc(F)ccc1CC21CCCC1. The van der Waals surface area contributed by atoms with Gasteiger partial charge in [-0.2, -0.15) is 4.52 Å². The molecule has 0 aliphatic heterocycles. The van der Waals surface area contributed by atoms with Crippen LogP contribution in [0, 0.1) is 11.6 Å². The Morgan fingerprint density at radius 3 is 2.44 bits per heavy atom. The molecule has 6 rings (SSSR count). The number of hydrogen-bond acceptors (Lipinski definition) is 5. The van der Waals surface area contributed by atoms with Gasteiger partial charge in [-0.05, 0) is 65.1 Å². The van der Waals surface area contributed by atoms with Crippen molar-refractivity contribution >= 4 is 12.2 Å². The van der Waals surface area contributed by atoms with Gasteiger partial charge in [0, 0.05) is 11.0 Å². The van der Waals surface area contributed by atoms with Crippen molar-refractivity contribution < 1.29 is 18.7 Å². The van der Waals surface area contributed by atoms with Gasteiger partial charge in [0.25, 0.3) is 17.8 Å². The van der Waals surface area contributed by atoms with Crippen molar-refractivity contribution in [1.29, 1.82) is 0 Å². The lowest BCUT2D eigenvalue weighted by Gasteiger charge is -2.36. The van der Waals surface area contributed by atoms with Crippen molar-refractivity contribution in [2.45, 2.75) is 44.1 Å². The van der Waals surface area contributed by atoms with Crippen LogP contribution in [0.15, 0.2) is 47.3 Å². The number of rotatable bonds is 2. The quantitative estimate of drug-likeness (QED) is 0.456. The molecule has 0 bridgehead atoms. The van der Waals surface area contributed by atoms with E-state index in [-0.39, 0.29) is 35.6 Å². The fraction of sp³-hybridized carbons (Fsp3) is 0.292. The van der Waals surface area contributed by atoms with Crippen LogP contribution in [0.4, 0.5) is 8.78 Å². The fourth-order valence-electron chi connectivity index (χ4n) is 5.42. The maximum atomic E-state index is 14.2. The maximum absolute atomic E-state index is 14.2. The van der Waals surface area contributed by atoms with Crippen molar-refractivity contribution in [2.24, 2.45) is 0 Å². The van der Waals surface area contributed by atoms with Gasteiger partial charge in [-0.25, -0.2) is 8.78 Å². The smallest absolute Gasteiger partial charge is 0.290 e. The van der Waals surface area contributed by atoms with E-state index in [0.29, 0.717) is 29.0 Å². The molecule has 2 aliphatic rings. The second-order valence-electron chi connectivity index (χ2n) is 8.70. The number of carbonyl (C=O) groups is 1. The van der Waals surface area contributed by atoms with Crippen LogP contribution in [-0.4, -0.2) is 36.2 Å². The van der Waals surface area contributed by atoms with Crippen LogP contribution in [0.25, 0.3) is 17.0 Å². The first kappa shape index (κ1) is 21.9. The molecular formula is C24H21F2N5O3. The molecule has 10 heteroatoms. The van der Waals surface area contributed by atoms with E-state index in [4.69, 9.17) is 9.90 Å². The number of hydrogen-bond donors (Lipinski definition) is 1. The summed E-state index contributed by atoms with van der Waals surface area (Å²) >= 11 is 0. The Bertz CT molecular complexity index is 1440. The molecule has 1 fully saturated rings. The van der Waals surface area contributed by atoms with Crippen molar-refractivity contribution in [3.8, 4) is 11.3 Å². The molecule has 4 aromatic rings. The van der Waals surface area contributed by atoms with Crippen LogP contribution in [0.2, 0.25) is 0 Å². The van der Waals surface area contributed by atoms with Crippen LogP contribution in [0.3, 0.4) is 0 Å². The normalized spacial score (nSPS) is 15.5. The highest BCUT2D eigenvalue weighted by Crippen LogP contribution is 2.50. The molecule has 8 nitrogen and oxygen atoms in total. The fourth-order valence-corrected chi connectivity index (χ4v) is 5.42. The molecule has 2 heterocycles. The van der Waals surface area contributed by atoms with Crippen LogP contribution >= 0.6 is 0 Å². The summed E-state index contributed by atoms with van der Waals surface area (Å²) in [5, 5.41) is 19.0. The summed E-state index contributed by atoms with van der Waals surface area (Å²) in [6.07, 6.45) is 4.59. The summed E-state index contributed by atoms with van der Waals surface area (Å²) in [7, 11) is 0. The van der Waals surface area contributed by atoms with Gasteiger partial charge in [0.05, 0.1) is 17.8 Å². The van der Waals surface area contributed by atoms with Gasteiger partial charge in [-0.15, -0.1) is 0 Å². The highest BCUT2D eigenvalue weighted by atomic mass is 19.1.